The van der Waals surface area contributed by atoms with E-state index in [1.807, 2.05) is 55.1 Å². The topological polar surface area (TPSA) is 42.7 Å². The standard InChI is InChI=1S/C27H22F3NO3/c1-16-22-13-19-14-31(21-10-8-20(9-11-21)27(28,29)30)15-33-24(19)17(2)25(22)34-26(32)23(16)12-18-6-4-3-5-7-18/h3-11,13H,12,14-15H2,1-2H3. The fourth-order valence-corrected chi connectivity index (χ4v) is 4.48. The summed E-state index contributed by atoms with van der Waals surface area (Å²) in [6, 6.07) is 16.7. The Hall–Kier alpha value is -3.74. The normalized spacial score (nSPS) is 13.6. The van der Waals surface area contributed by atoms with Crippen molar-refractivity contribution in [1.29, 1.82) is 0 Å². The number of rotatable bonds is 3. The van der Waals surface area contributed by atoms with E-state index in [1.54, 1.807) is 0 Å². The van der Waals surface area contributed by atoms with Crippen LogP contribution in [0.5, 0.6) is 5.75 Å². The van der Waals surface area contributed by atoms with Crippen molar-refractivity contribution in [2.45, 2.75) is 33.0 Å². The molecule has 0 amide bonds. The fourth-order valence-electron chi connectivity index (χ4n) is 4.48. The van der Waals surface area contributed by atoms with E-state index in [2.05, 4.69) is 0 Å². The van der Waals surface area contributed by atoms with Gasteiger partial charge in [-0.1, -0.05) is 30.3 Å². The molecule has 1 aliphatic heterocycles. The summed E-state index contributed by atoms with van der Waals surface area (Å²) in [6.45, 7) is 4.42. The SMILES string of the molecule is Cc1c(Cc2ccccc2)c(=O)oc2c(C)c3c(cc12)CN(c1ccc(C(F)(F)F)cc1)CO3. The fraction of sp³-hybridized carbons (Fsp3) is 0.222. The molecule has 0 unspecified atom stereocenters. The van der Waals surface area contributed by atoms with Gasteiger partial charge in [0.1, 0.15) is 11.3 Å². The van der Waals surface area contributed by atoms with Gasteiger partial charge in [0.2, 0.25) is 0 Å². The van der Waals surface area contributed by atoms with Crippen molar-refractivity contribution in [2.75, 3.05) is 11.6 Å². The van der Waals surface area contributed by atoms with Gasteiger partial charge in [-0.2, -0.15) is 13.2 Å². The van der Waals surface area contributed by atoms with E-state index < -0.39 is 11.7 Å². The molecule has 4 nitrogen and oxygen atoms in total. The van der Waals surface area contributed by atoms with Crippen LogP contribution in [0.1, 0.15) is 33.4 Å². The minimum atomic E-state index is -4.38. The number of benzene rings is 3. The molecule has 34 heavy (non-hydrogen) atoms. The Morgan fingerprint density at radius 1 is 0.971 bits per heavy atom. The first-order valence-corrected chi connectivity index (χ1v) is 10.9. The first kappa shape index (κ1) is 22.1. The molecule has 0 fully saturated rings. The summed E-state index contributed by atoms with van der Waals surface area (Å²) in [4.78, 5) is 14.7. The number of hydrogen-bond acceptors (Lipinski definition) is 4. The highest BCUT2D eigenvalue weighted by atomic mass is 19.4. The van der Waals surface area contributed by atoms with Crippen molar-refractivity contribution >= 4 is 16.7 Å². The molecule has 0 saturated carbocycles. The minimum Gasteiger partial charge on any atom is -0.472 e. The summed E-state index contributed by atoms with van der Waals surface area (Å²) >= 11 is 0. The molecule has 0 aliphatic carbocycles. The summed E-state index contributed by atoms with van der Waals surface area (Å²) in [5.41, 5.74) is 4.20. The molecule has 174 valence electrons. The van der Waals surface area contributed by atoms with Crippen LogP contribution in [-0.4, -0.2) is 6.73 Å². The van der Waals surface area contributed by atoms with Crippen molar-refractivity contribution in [1.82, 2.24) is 0 Å². The van der Waals surface area contributed by atoms with Crippen LogP contribution in [0.2, 0.25) is 0 Å². The lowest BCUT2D eigenvalue weighted by molar-refractivity contribution is -0.137. The lowest BCUT2D eigenvalue weighted by Gasteiger charge is -2.32. The first-order chi connectivity index (χ1) is 16.2. The van der Waals surface area contributed by atoms with Crippen LogP contribution in [0.4, 0.5) is 18.9 Å². The molecule has 0 radical (unpaired) electrons. The van der Waals surface area contributed by atoms with Crippen molar-refractivity contribution in [3.8, 4) is 5.75 Å². The monoisotopic (exact) mass is 465 g/mol. The van der Waals surface area contributed by atoms with Crippen LogP contribution in [0.25, 0.3) is 11.0 Å². The number of alkyl halides is 3. The van der Waals surface area contributed by atoms with Crippen LogP contribution < -0.4 is 15.3 Å². The van der Waals surface area contributed by atoms with Gasteiger partial charge in [0, 0.05) is 40.7 Å². The molecular weight excluding hydrogens is 443 g/mol. The van der Waals surface area contributed by atoms with E-state index in [9.17, 15) is 18.0 Å². The quantitative estimate of drug-likeness (QED) is 0.330. The zero-order valence-electron chi connectivity index (χ0n) is 18.7. The van der Waals surface area contributed by atoms with Crippen LogP contribution in [0.15, 0.2) is 69.9 Å². The molecule has 1 aromatic heterocycles. The second-order valence-electron chi connectivity index (χ2n) is 8.54. The third-order valence-corrected chi connectivity index (χ3v) is 6.34. The lowest BCUT2D eigenvalue weighted by Crippen LogP contribution is -2.32. The number of ether oxygens (including phenoxy) is 1. The Morgan fingerprint density at radius 3 is 2.35 bits per heavy atom. The van der Waals surface area contributed by atoms with Crippen LogP contribution >= 0.6 is 0 Å². The molecule has 5 rings (SSSR count). The Bertz CT molecular complexity index is 1420. The molecule has 7 heteroatoms. The summed E-state index contributed by atoms with van der Waals surface area (Å²) in [5.74, 6) is 0.647. The average molecular weight is 465 g/mol. The zero-order chi connectivity index (χ0) is 24.0. The van der Waals surface area contributed by atoms with Gasteiger partial charge in [-0.15, -0.1) is 0 Å². The first-order valence-electron chi connectivity index (χ1n) is 10.9. The second-order valence-corrected chi connectivity index (χ2v) is 8.54. The molecule has 2 heterocycles. The molecule has 1 aliphatic rings. The van der Waals surface area contributed by atoms with Crippen LogP contribution in [-0.2, 0) is 19.1 Å². The summed E-state index contributed by atoms with van der Waals surface area (Å²) < 4.78 is 50.5. The van der Waals surface area contributed by atoms with E-state index in [0.717, 1.165) is 39.8 Å². The molecule has 0 spiro atoms. The number of halogens is 3. The third-order valence-electron chi connectivity index (χ3n) is 6.34. The minimum absolute atomic E-state index is 0.181. The van der Waals surface area contributed by atoms with Crippen molar-refractivity contribution in [3.63, 3.8) is 0 Å². The maximum absolute atomic E-state index is 12.9. The molecule has 0 atom stereocenters. The van der Waals surface area contributed by atoms with Gasteiger partial charge >= 0.3 is 11.8 Å². The Morgan fingerprint density at radius 2 is 1.68 bits per heavy atom. The second kappa shape index (κ2) is 8.24. The van der Waals surface area contributed by atoms with E-state index >= 15 is 0 Å². The average Bonchev–Trinajstić information content (AvgIpc) is 2.83. The largest absolute Gasteiger partial charge is 0.472 e. The number of aryl methyl sites for hydroxylation is 2. The van der Waals surface area contributed by atoms with Gasteiger partial charge in [-0.25, -0.2) is 4.79 Å². The predicted molar refractivity (Wildman–Crippen MR) is 124 cm³/mol. The molecule has 0 saturated heterocycles. The van der Waals surface area contributed by atoms with E-state index in [0.29, 0.717) is 35.5 Å². The van der Waals surface area contributed by atoms with Gasteiger partial charge in [-0.3, -0.25) is 0 Å². The molecular formula is C27H22F3NO3. The van der Waals surface area contributed by atoms with Crippen molar-refractivity contribution in [3.05, 3.63) is 104 Å². The van der Waals surface area contributed by atoms with E-state index in [-0.39, 0.29) is 12.4 Å². The highest BCUT2D eigenvalue weighted by Crippen LogP contribution is 2.38. The zero-order valence-corrected chi connectivity index (χ0v) is 18.7. The van der Waals surface area contributed by atoms with Gasteiger partial charge in [-0.05, 0) is 55.3 Å². The van der Waals surface area contributed by atoms with Crippen LogP contribution in [0, 0.1) is 13.8 Å². The number of nitrogens with zero attached hydrogens (tertiary/aromatic N) is 1. The molecule has 3 aromatic carbocycles. The van der Waals surface area contributed by atoms with Crippen molar-refractivity contribution < 1.29 is 22.3 Å². The maximum Gasteiger partial charge on any atom is 0.416 e. The van der Waals surface area contributed by atoms with Crippen molar-refractivity contribution in [2.24, 2.45) is 0 Å². The molecule has 0 bridgehead atoms. The van der Waals surface area contributed by atoms with Gasteiger partial charge in [0.05, 0.1) is 5.56 Å². The highest BCUT2D eigenvalue weighted by molar-refractivity contribution is 5.87. The Labute approximate surface area is 194 Å². The summed E-state index contributed by atoms with van der Waals surface area (Å²) in [5, 5.41) is 0.833. The predicted octanol–water partition coefficient (Wildman–Crippen LogP) is 6.38. The number of anilines is 1. The summed E-state index contributed by atoms with van der Waals surface area (Å²) in [7, 11) is 0. The number of fused-ring (bicyclic) bond motifs is 2. The summed E-state index contributed by atoms with van der Waals surface area (Å²) in [6.07, 6.45) is -3.91. The Balaban J connectivity index is 1.53. The molecule has 0 N–H and O–H groups in total. The van der Waals surface area contributed by atoms with Gasteiger partial charge in [0.25, 0.3) is 0 Å². The highest BCUT2D eigenvalue weighted by Gasteiger charge is 2.30. The third kappa shape index (κ3) is 3.91. The van der Waals surface area contributed by atoms with Gasteiger partial charge < -0.3 is 14.1 Å². The van der Waals surface area contributed by atoms with Crippen LogP contribution in [0.3, 0.4) is 0 Å². The van der Waals surface area contributed by atoms with E-state index in [4.69, 9.17) is 9.15 Å². The number of hydrogen-bond donors (Lipinski definition) is 0. The maximum atomic E-state index is 12.9. The van der Waals surface area contributed by atoms with Gasteiger partial charge in [0.15, 0.2) is 6.73 Å². The molecule has 4 aromatic rings. The Kier molecular flexibility index (Phi) is 5.35. The van der Waals surface area contributed by atoms with E-state index in [1.165, 1.54) is 12.1 Å². The smallest absolute Gasteiger partial charge is 0.416 e. The lowest BCUT2D eigenvalue weighted by atomic mass is 9.96.